The number of nitrogens with two attached hydrogens (primary N) is 1. The Hall–Kier alpha value is -1.48. The summed E-state index contributed by atoms with van der Waals surface area (Å²) in [6.07, 6.45) is 4.05. The molecular formula is C14H19NO2. The Morgan fingerprint density at radius 1 is 1.24 bits per heavy atom. The molecule has 0 bridgehead atoms. The molecule has 0 spiro atoms. The van der Waals surface area contributed by atoms with E-state index in [9.17, 15) is 0 Å². The first-order chi connectivity index (χ1) is 7.97. The minimum atomic E-state index is 0.0351. The van der Waals surface area contributed by atoms with Crippen LogP contribution < -0.4 is 15.2 Å². The van der Waals surface area contributed by atoms with Gasteiger partial charge in [0.2, 0.25) is 6.79 Å². The zero-order valence-electron chi connectivity index (χ0n) is 10.6. The molecule has 1 aliphatic rings. The summed E-state index contributed by atoms with van der Waals surface area (Å²) in [5, 5.41) is 0. The van der Waals surface area contributed by atoms with Crippen molar-refractivity contribution in [2.45, 2.75) is 26.8 Å². The maximum atomic E-state index is 6.07. The topological polar surface area (TPSA) is 44.5 Å². The van der Waals surface area contributed by atoms with Crippen LogP contribution in [0.15, 0.2) is 24.3 Å². The minimum absolute atomic E-state index is 0.0351. The summed E-state index contributed by atoms with van der Waals surface area (Å²) >= 11 is 0. The molecule has 1 aromatic carbocycles. The van der Waals surface area contributed by atoms with E-state index >= 15 is 0 Å². The first kappa shape index (κ1) is 12.0. The molecule has 3 nitrogen and oxygen atoms in total. The van der Waals surface area contributed by atoms with Crippen LogP contribution in [0.1, 0.15) is 26.3 Å². The Kier molecular flexibility index (Phi) is 3.11. The van der Waals surface area contributed by atoms with Crippen LogP contribution in [-0.2, 0) is 0 Å². The molecule has 2 N–H and O–H groups in total. The SMILES string of the molecule is CC(C)(C)C(N)/C=C/c1ccc2c(c1)OCO2. The predicted molar refractivity (Wildman–Crippen MR) is 69.0 cm³/mol. The number of fused-ring (bicyclic) bond motifs is 1. The van der Waals surface area contributed by atoms with Gasteiger partial charge in [-0.2, -0.15) is 0 Å². The van der Waals surface area contributed by atoms with E-state index in [4.69, 9.17) is 15.2 Å². The molecule has 0 saturated carbocycles. The fourth-order valence-electron chi connectivity index (χ4n) is 1.52. The zero-order valence-corrected chi connectivity index (χ0v) is 10.6. The minimum Gasteiger partial charge on any atom is -0.454 e. The van der Waals surface area contributed by atoms with Gasteiger partial charge in [-0.25, -0.2) is 0 Å². The molecule has 1 atom stereocenters. The van der Waals surface area contributed by atoms with Gasteiger partial charge in [0.15, 0.2) is 11.5 Å². The first-order valence-electron chi connectivity index (χ1n) is 5.80. The number of hydrogen-bond acceptors (Lipinski definition) is 3. The molecule has 0 fully saturated rings. The molecular weight excluding hydrogens is 214 g/mol. The van der Waals surface area contributed by atoms with Crippen molar-refractivity contribution < 1.29 is 9.47 Å². The van der Waals surface area contributed by atoms with Crippen molar-refractivity contribution in [3.05, 3.63) is 29.8 Å². The highest BCUT2D eigenvalue weighted by atomic mass is 16.7. The van der Waals surface area contributed by atoms with Crippen LogP contribution in [0.4, 0.5) is 0 Å². The fourth-order valence-corrected chi connectivity index (χ4v) is 1.52. The Bertz CT molecular complexity index is 432. The van der Waals surface area contributed by atoms with Crippen molar-refractivity contribution in [3.8, 4) is 11.5 Å². The third-order valence-electron chi connectivity index (χ3n) is 2.89. The molecule has 1 aliphatic heterocycles. The Labute approximate surface area is 102 Å². The van der Waals surface area contributed by atoms with E-state index in [-0.39, 0.29) is 11.5 Å². The first-order valence-corrected chi connectivity index (χ1v) is 5.80. The van der Waals surface area contributed by atoms with Gasteiger partial charge in [0, 0.05) is 6.04 Å². The third kappa shape index (κ3) is 2.80. The second kappa shape index (κ2) is 4.41. The van der Waals surface area contributed by atoms with Crippen molar-refractivity contribution in [1.82, 2.24) is 0 Å². The molecule has 0 radical (unpaired) electrons. The summed E-state index contributed by atoms with van der Waals surface area (Å²) in [7, 11) is 0. The third-order valence-corrected chi connectivity index (χ3v) is 2.89. The van der Waals surface area contributed by atoms with Crippen LogP contribution in [0.5, 0.6) is 11.5 Å². The van der Waals surface area contributed by atoms with Crippen molar-refractivity contribution >= 4 is 6.08 Å². The number of rotatable bonds is 2. The van der Waals surface area contributed by atoms with Gasteiger partial charge < -0.3 is 15.2 Å². The average Bonchev–Trinajstić information content (AvgIpc) is 2.71. The largest absolute Gasteiger partial charge is 0.454 e. The van der Waals surface area contributed by atoms with Gasteiger partial charge in [0.05, 0.1) is 0 Å². The van der Waals surface area contributed by atoms with E-state index in [0.717, 1.165) is 17.1 Å². The molecule has 17 heavy (non-hydrogen) atoms. The van der Waals surface area contributed by atoms with Gasteiger partial charge in [0.25, 0.3) is 0 Å². The summed E-state index contributed by atoms with van der Waals surface area (Å²) in [5.74, 6) is 1.61. The van der Waals surface area contributed by atoms with Crippen molar-refractivity contribution in [2.75, 3.05) is 6.79 Å². The maximum absolute atomic E-state index is 6.07. The lowest BCUT2D eigenvalue weighted by Crippen LogP contribution is -2.32. The van der Waals surface area contributed by atoms with Crippen molar-refractivity contribution in [3.63, 3.8) is 0 Å². The van der Waals surface area contributed by atoms with Crippen LogP contribution in [0.25, 0.3) is 6.08 Å². The van der Waals surface area contributed by atoms with E-state index in [2.05, 4.69) is 20.8 Å². The number of ether oxygens (including phenoxy) is 2. The molecule has 0 aliphatic carbocycles. The summed E-state index contributed by atoms with van der Waals surface area (Å²) in [4.78, 5) is 0. The van der Waals surface area contributed by atoms with Crippen molar-refractivity contribution in [2.24, 2.45) is 11.1 Å². The lowest BCUT2D eigenvalue weighted by Gasteiger charge is -2.23. The van der Waals surface area contributed by atoms with E-state index in [1.54, 1.807) is 0 Å². The highest BCUT2D eigenvalue weighted by molar-refractivity contribution is 5.57. The summed E-state index contributed by atoms with van der Waals surface area (Å²) in [6, 6.07) is 5.92. The lowest BCUT2D eigenvalue weighted by molar-refractivity contribution is 0.174. The Morgan fingerprint density at radius 2 is 1.94 bits per heavy atom. The fraction of sp³-hybridized carbons (Fsp3) is 0.429. The average molecular weight is 233 g/mol. The Morgan fingerprint density at radius 3 is 2.65 bits per heavy atom. The Balaban J connectivity index is 2.12. The number of benzene rings is 1. The van der Waals surface area contributed by atoms with Gasteiger partial charge in [0.1, 0.15) is 0 Å². The van der Waals surface area contributed by atoms with E-state index in [0.29, 0.717) is 6.79 Å². The zero-order chi connectivity index (χ0) is 12.5. The monoisotopic (exact) mass is 233 g/mol. The standard InChI is InChI=1S/C14H19NO2/c1-14(2,3)13(15)7-5-10-4-6-11-12(8-10)17-9-16-11/h4-8,13H,9,15H2,1-3H3/b7-5+. The second-order valence-corrected chi connectivity index (χ2v) is 5.36. The summed E-state index contributed by atoms with van der Waals surface area (Å²) in [6.45, 7) is 6.69. The van der Waals surface area contributed by atoms with Gasteiger partial charge in [-0.15, -0.1) is 0 Å². The van der Waals surface area contributed by atoms with Crippen LogP contribution in [0.3, 0.4) is 0 Å². The molecule has 0 aromatic heterocycles. The van der Waals surface area contributed by atoms with E-state index in [1.165, 1.54) is 0 Å². The van der Waals surface area contributed by atoms with Gasteiger partial charge in [-0.3, -0.25) is 0 Å². The van der Waals surface area contributed by atoms with Crippen LogP contribution >= 0.6 is 0 Å². The molecule has 2 rings (SSSR count). The molecule has 0 saturated heterocycles. The molecule has 1 aromatic rings. The van der Waals surface area contributed by atoms with Crippen LogP contribution in [-0.4, -0.2) is 12.8 Å². The second-order valence-electron chi connectivity index (χ2n) is 5.36. The molecule has 92 valence electrons. The smallest absolute Gasteiger partial charge is 0.231 e. The normalized spacial score (nSPS) is 16.5. The molecule has 3 heteroatoms. The summed E-state index contributed by atoms with van der Waals surface area (Å²) in [5.41, 5.74) is 7.22. The predicted octanol–water partition coefficient (Wildman–Crippen LogP) is 2.80. The lowest BCUT2D eigenvalue weighted by atomic mass is 9.87. The van der Waals surface area contributed by atoms with Crippen LogP contribution in [0, 0.1) is 5.41 Å². The number of hydrogen-bond donors (Lipinski definition) is 1. The summed E-state index contributed by atoms with van der Waals surface area (Å²) < 4.78 is 10.6. The van der Waals surface area contributed by atoms with Crippen molar-refractivity contribution in [1.29, 1.82) is 0 Å². The highest BCUT2D eigenvalue weighted by Gasteiger charge is 2.17. The van der Waals surface area contributed by atoms with Gasteiger partial charge >= 0.3 is 0 Å². The van der Waals surface area contributed by atoms with Gasteiger partial charge in [-0.1, -0.05) is 39.0 Å². The van der Waals surface area contributed by atoms with E-state index < -0.39 is 0 Å². The van der Waals surface area contributed by atoms with E-state index in [1.807, 2.05) is 30.4 Å². The van der Waals surface area contributed by atoms with Gasteiger partial charge in [-0.05, 0) is 23.1 Å². The quantitative estimate of drug-likeness (QED) is 0.854. The molecule has 0 amide bonds. The maximum Gasteiger partial charge on any atom is 0.231 e. The van der Waals surface area contributed by atoms with Crippen LogP contribution in [0.2, 0.25) is 0 Å². The molecule has 1 heterocycles. The molecule has 1 unspecified atom stereocenters. The highest BCUT2D eigenvalue weighted by Crippen LogP contribution is 2.33.